The zero-order valence-electron chi connectivity index (χ0n) is 18.6. The highest BCUT2D eigenvalue weighted by Crippen LogP contribution is 2.28. The van der Waals surface area contributed by atoms with E-state index >= 15 is 0 Å². The average Bonchev–Trinajstić information content (AvgIpc) is 3.32. The minimum atomic E-state index is -0.460. The van der Waals surface area contributed by atoms with Gasteiger partial charge in [-0.05, 0) is 54.6 Å². The number of thioether (sulfide) groups is 1. The van der Waals surface area contributed by atoms with Crippen molar-refractivity contribution in [3.63, 3.8) is 0 Å². The quantitative estimate of drug-likeness (QED) is 0.145. The van der Waals surface area contributed by atoms with Gasteiger partial charge in [0.1, 0.15) is 0 Å². The van der Waals surface area contributed by atoms with E-state index in [-0.39, 0.29) is 17.3 Å². The van der Waals surface area contributed by atoms with Gasteiger partial charge in [0.25, 0.3) is 11.6 Å². The Balaban J connectivity index is 1.42. The fourth-order valence-electron chi connectivity index (χ4n) is 3.13. The van der Waals surface area contributed by atoms with Crippen molar-refractivity contribution in [1.29, 1.82) is 0 Å². The maximum atomic E-state index is 12.3. The lowest BCUT2D eigenvalue weighted by atomic mass is 10.2. The van der Waals surface area contributed by atoms with Crippen molar-refractivity contribution < 1.29 is 9.72 Å². The van der Waals surface area contributed by atoms with E-state index in [1.165, 1.54) is 36.2 Å². The Bertz CT molecular complexity index is 1420. The minimum absolute atomic E-state index is 0.0153. The number of carbonyl (C=O) groups excluding carboxylic acids is 1. The van der Waals surface area contributed by atoms with Gasteiger partial charge >= 0.3 is 0 Å². The smallest absolute Gasteiger partial charge is 0.272 e. The Hall–Kier alpha value is -4.35. The molecule has 0 fully saturated rings. The first kappa shape index (κ1) is 24.8. The predicted molar refractivity (Wildman–Crippen MR) is 139 cm³/mol. The Labute approximate surface area is 214 Å². The van der Waals surface area contributed by atoms with Crippen LogP contribution < -0.4 is 5.43 Å². The summed E-state index contributed by atoms with van der Waals surface area (Å²) in [6.45, 7) is 0. The van der Waals surface area contributed by atoms with E-state index in [1.807, 2.05) is 28.8 Å². The van der Waals surface area contributed by atoms with Gasteiger partial charge in [-0.3, -0.25) is 24.5 Å². The van der Waals surface area contributed by atoms with E-state index in [0.717, 1.165) is 11.3 Å². The Kier molecular flexibility index (Phi) is 8.16. The number of halogens is 1. The predicted octanol–water partition coefficient (Wildman–Crippen LogP) is 4.80. The number of benzene rings is 2. The lowest BCUT2D eigenvalue weighted by Crippen LogP contribution is -2.19. The average molecular weight is 520 g/mol. The van der Waals surface area contributed by atoms with Crippen molar-refractivity contribution >= 4 is 47.2 Å². The van der Waals surface area contributed by atoms with Crippen molar-refractivity contribution in [3.05, 3.63) is 99.8 Å². The van der Waals surface area contributed by atoms with Crippen LogP contribution in [0.3, 0.4) is 0 Å². The number of nitrogens with one attached hydrogen (secondary N) is 1. The van der Waals surface area contributed by atoms with Crippen LogP contribution in [0, 0.1) is 10.1 Å². The highest BCUT2D eigenvalue weighted by atomic mass is 35.5. The van der Waals surface area contributed by atoms with Gasteiger partial charge in [0.15, 0.2) is 11.0 Å². The Morgan fingerprint density at radius 2 is 1.86 bits per heavy atom. The van der Waals surface area contributed by atoms with Crippen molar-refractivity contribution in [2.75, 3.05) is 5.75 Å². The highest BCUT2D eigenvalue weighted by molar-refractivity contribution is 7.99. The maximum absolute atomic E-state index is 12.3. The molecule has 0 unspecified atom stereocenters. The largest absolute Gasteiger partial charge is 0.276 e. The van der Waals surface area contributed by atoms with Gasteiger partial charge in [-0.15, -0.1) is 10.2 Å². The van der Waals surface area contributed by atoms with Crippen LogP contribution in [0.15, 0.2) is 89.4 Å². The Morgan fingerprint density at radius 3 is 2.61 bits per heavy atom. The molecule has 0 saturated carbocycles. The Morgan fingerprint density at radius 1 is 1.11 bits per heavy atom. The molecular formula is C24H18ClN7O3S. The number of hydrazone groups is 1. The third-order valence-electron chi connectivity index (χ3n) is 4.75. The summed E-state index contributed by atoms with van der Waals surface area (Å²) in [6, 6.07) is 17.2. The van der Waals surface area contributed by atoms with Crippen LogP contribution in [0.2, 0.25) is 5.02 Å². The molecular weight excluding hydrogens is 502 g/mol. The topological polar surface area (TPSA) is 128 Å². The van der Waals surface area contributed by atoms with Crippen LogP contribution in [0.4, 0.5) is 5.69 Å². The van der Waals surface area contributed by atoms with Crippen LogP contribution in [-0.4, -0.2) is 42.5 Å². The number of hydrogen-bond donors (Lipinski definition) is 1. The highest BCUT2D eigenvalue weighted by Gasteiger charge is 2.17. The van der Waals surface area contributed by atoms with Gasteiger partial charge in [-0.25, -0.2) is 5.43 Å². The molecule has 10 nitrogen and oxygen atoms in total. The molecule has 36 heavy (non-hydrogen) atoms. The molecule has 1 amide bonds. The summed E-state index contributed by atoms with van der Waals surface area (Å²) >= 11 is 7.24. The van der Waals surface area contributed by atoms with Gasteiger partial charge in [0.2, 0.25) is 0 Å². The second-order valence-electron chi connectivity index (χ2n) is 7.13. The maximum Gasteiger partial charge on any atom is 0.276 e. The molecule has 180 valence electrons. The van der Waals surface area contributed by atoms with Gasteiger partial charge < -0.3 is 0 Å². The molecule has 2 aromatic heterocycles. The number of amides is 1. The third kappa shape index (κ3) is 6.20. The molecule has 1 N–H and O–H groups in total. The molecule has 0 spiro atoms. The fraction of sp³-hybridized carbons (Fsp3) is 0.0417. The van der Waals surface area contributed by atoms with Gasteiger partial charge in [-0.1, -0.05) is 35.5 Å². The summed E-state index contributed by atoms with van der Waals surface area (Å²) < 4.78 is 1.84. The molecule has 2 aromatic carbocycles. The third-order valence-corrected chi connectivity index (χ3v) is 5.93. The van der Waals surface area contributed by atoms with E-state index in [4.69, 9.17) is 11.6 Å². The lowest BCUT2D eigenvalue weighted by Gasteiger charge is -2.10. The standard InChI is InChI=1S/C24H18ClN7O3S/c25-19-7-9-20(10-8-19)31-23(18-11-14-26-15-12-18)29-30-24(31)36-16-22(33)28-27-13-3-5-17-4-1-2-6-21(17)32(34)35/h1-15H,16H2,(H,28,33)/b5-3+,27-13-. The van der Waals surface area contributed by atoms with Crippen molar-refractivity contribution in [2.45, 2.75) is 5.16 Å². The first-order chi connectivity index (χ1) is 17.5. The number of nitro benzene ring substituents is 1. The fourth-order valence-corrected chi connectivity index (χ4v) is 4.00. The summed E-state index contributed by atoms with van der Waals surface area (Å²) in [6.07, 6.45) is 7.72. The van der Waals surface area contributed by atoms with Crippen molar-refractivity contribution in [3.8, 4) is 17.1 Å². The summed E-state index contributed by atoms with van der Waals surface area (Å²) in [7, 11) is 0. The van der Waals surface area contributed by atoms with E-state index < -0.39 is 4.92 Å². The van der Waals surface area contributed by atoms with Crippen LogP contribution >= 0.6 is 23.4 Å². The van der Waals surface area contributed by atoms with Crippen LogP contribution in [0.1, 0.15) is 5.56 Å². The molecule has 0 aliphatic heterocycles. The second kappa shape index (κ2) is 11.9. The number of nitro groups is 1. The van der Waals surface area contributed by atoms with E-state index in [0.29, 0.717) is 21.6 Å². The zero-order valence-corrected chi connectivity index (χ0v) is 20.1. The molecule has 12 heteroatoms. The SMILES string of the molecule is O=C(CSc1nnc(-c2ccncc2)n1-c1ccc(Cl)cc1)N/N=C\C=C\c1ccccc1[N+](=O)[O-]. The molecule has 2 heterocycles. The van der Waals surface area contributed by atoms with E-state index in [2.05, 4.69) is 25.7 Å². The number of pyridine rings is 1. The lowest BCUT2D eigenvalue weighted by molar-refractivity contribution is -0.385. The summed E-state index contributed by atoms with van der Waals surface area (Å²) in [5.41, 5.74) is 4.45. The first-order valence-corrected chi connectivity index (χ1v) is 11.9. The number of aromatic nitrogens is 4. The number of allylic oxidation sites excluding steroid dienone is 1. The molecule has 0 aliphatic carbocycles. The summed E-state index contributed by atoms with van der Waals surface area (Å²) in [5, 5.41) is 24.6. The number of hydrogen-bond acceptors (Lipinski definition) is 8. The van der Waals surface area contributed by atoms with Crippen molar-refractivity contribution in [2.24, 2.45) is 5.10 Å². The number of para-hydroxylation sites is 1. The minimum Gasteiger partial charge on any atom is -0.272 e. The summed E-state index contributed by atoms with van der Waals surface area (Å²) in [4.78, 5) is 27.0. The molecule has 4 rings (SSSR count). The van der Waals surface area contributed by atoms with E-state index in [9.17, 15) is 14.9 Å². The van der Waals surface area contributed by atoms with E-state index in [1.54, 1.807) is 42.7 Å². The second-order valence-corrected chi connectivity index (χ2v) is 8.51. The number of nitrogens with zero attached hydrogens (tertiary/aromatic N) is 6. The normalized spacial score (nSPS) is 11.2. The van der Waals surface area contributed by atoms with Gasteiger partial charge in [-0.2, -0.15) is 5.10 Å². The molecule has 4 aromatic rings. The molecule has 0 aliphatic rings. The van der Waals surface area contributed by atoms with Crippen LogP contribution in [-0.2, 0) is 4.79 Å². The number of rotatable bonds is 9. The summed E-state index contributed by atoms with van der Waals surface area (Å²) in [5.74, 6) is 0.278. The molecule has 0 saturated heterocycles. The van der Waals surface area contributed by atoms with Crippen LogP contribution in [0.5, 0.6) is 0 Å². The molecule has 0 bridgehead atoms. The first-order valence-electron chi connectivity index (χ1n) is 10.5. The monoisotopic (exact) mass is 519 g/mol. The molecule has 0 atom stereocenters. The molecule has 0 radical (unpaired) electrons. The van der Waals surface area contributed by atoms with Crippen molar-refractivity contribution in [1.82, 2.24) is 25.2 Å². The zero-order chi connectivity index (χ0) is 25.3. The van der Waals surface area contributed by atoms with Crippen LogP contribution in [0.25, 0.3) is 23.2 Å². The van der Waals surface area contributed by atoms with Gasteiger partial charge in [0, 0.05) is 40.9 Å². The number of carbonyl (C=O) groups is 1. The van der Waals surface area contributed by atoms with Gasteiger partial charge in [0.05, 0.1) is 16.2 Å².